The van der Waals surface area contributed by atoms with Crippen molar-refractivity contribution < 1.29 is 9.32 Å². The van der Waals surface area contributed by atoms with Gasteiger partial charge in [0.15, 0.2) is 5.69 Å². The molecule has 1 aliphatic carbocycles. The highest BCUT2D eigenvalue weighted by molar-refractivity contribution is 6.37. The summed E-state index contributed by atoms with van der Waals surface area (Å²) in [7, 11) is 0. The number of hydrogen-bond acceptors (Lipinski definition) is 6. The number of aromatic nitrogens is 1. The summed E-state index contributed by atoms with van der Waals surface area (Å²) < 4.78 is 4.69. The lowest BCUT2D eigenvalue weighted by molar-refractivity contribution is 0.0942. The summed E-state index contributed by atoms with van der Waals surface area (Å²) in [5.41, 5.74) is 11.6. The lowest BCUT2D eigenvalue weighted by atomic mass is 10.0. The molecule has 1 aromatic heterocycles. The average Bonchev–Trinajstić information content (AvgIpc) is 3.22. The largest absolute Gasteiger partial charge is 0.364 e. The van der Waals surface area contributed by atoms with Crippen LogP contribution >= 0.6 is 11.6 Å². The molecule has 5 rings (SSSR count). The van der Waals surface area contributed by atoms with E-state index in [1.165, 1.54) is 25.2 Å². The van der Waals surface area contributed by atoms with Crippen molar-refractivity contribution in [3.63, 3.8) is 0 Å². The van der Waals surface area contributed by atoms with E-state index in [1.54, 1.807) is 0 Å². The molecule has 2 heterocycles. The van der Waals surface area contributed by atoms with Crippen LogP contribution in [0, 0.1) is 5.92 Å². The molecule has 8 heteroatoms. The molecule has 7 nitrogen and oxygen atoms in total. The molecule has 0 saturated heterocycles. The molecule has 3 aromatic rings. The lowest BCUT2D eigenvalue weighted by Gasteiger charge is -2.17. The van der Waals surface area contributed by atoms with Crippen LogP contribution in [0.15, 0.2) is 53.3 Å². The van der Waals surface area contributed by atoms with Gasteiger partial charge in [-0.15, -0.1) is 5.53 Å². The standard InChI is InChI=1S/C21H20ClN5O2/c22-19-16(7-8-18-20(19)24-26-27(18)12-14-1-2-14)15-5-3-13(4-6-15)11-23-21(28)17-9-10-29-25-17/h3-10,14,24,26H,1-2,11-12H2,(H,23,28). The second kappa shape index (κ2) is 7.42. The van der Waals surface area contributed by atoms with Gasteiger partial charge in [0.25, 0.3) is 5.91 Å². The number of anilines is 2. The summed E-state index contributed by atoms with van der Waals surface area (Å²) in [5, 5.41) is 9.27. The molecule has 0 spiro atoms. The van der Waals surface area contributed by atoms with Gasteiger partial charge >= 0.3 is 0 Å². The van der Waals surface area contributed by atoms with Crippen LogP contribution in [0.4, 0.5) is 11.4 Å². The third kappa shape index (κ3) is 3.66. The summed E-state index contributed by atoms with van der Waals surface area (Å²) in [4.78, 5) is 11.9. The predicted octanol–water partition coefficient (Wildman–Crippen LogP) is 3.99. The number of benzene rings is 2. The van der Waals surface area contributed by atoms with Crippen molar-refractivity contribution in [2.45, 2.75) is 19.4 Å². The normalized spacial score (nSPS) is 15.1. The number of fused-ring (bicyclic) bond motifs is 1. The van der Waals surface area contributed by atoms with Gasteiger partial charge in [0.05, 0.1) is 16.4 Å². The van der Waals surface area contributed by atoms with Crippen LogP contribution in [0.25, 0.3) is 11.1 Å². The molecule has 2 aliphatic rings. The highest BCUT2D eigenvalue weighted by Gasteiger charge is 2.29. The molecule has 3 N–H and O–H groups in total. The lowest BCUT2D eigenvalue weighted by Crippen LogP contribution is -2.37. The first-order valence-electron chi connectivity index (χ1n) is 9.58. The van der Waals surface area contributed by atoms with E-state index in [1.807, 2.05) is 24.3 Å². The molecular weight excluding hydrogens is 390 g/mol. The van der Waals surface area contributed by atoms with Crippen molar-refractivity contribution in [1.29, 1.82) is 0 Å². The Labute approximate surface area is 173 Å². The third-order valence-corrected chi connectivity index (χ3v) is 5.65. The molecule has 1 fully saturated rings. The molecular formula is C21H20ClN5O2. The maximum atomic E-state index is 11.9. The van der Waals surface area contributed by atoms with E-state index < -0.39 is 0 Å². The quantitative estimate of drug-likeness (QED) is 0.571. The summed E-state index contributed by atoms with van der Waals surface area (Å²) in [5.74, 6) is 0.504. The van der Waals surface area contributed by atoms with Gasteiger partial charge in [0, 0.05) is 24.7 Å². The number of carbonyl (C=O) groups excluding carboxylic acids is 1. The van der Waals surface area contributed by atoms with Crippen LogP contribution in [-0.4, -0.2) is 17.6 Å². The molecule has 29 heavy (non-hydrogen) atoms. The van der Waals surface area contributed by atoms with Crippen molar-refractivity contribution in [1.82, 2.24) is 16.0 Å². The Morgan fingerprint density at radius 2 is 2.03 bits per heavy atom. The molecule has 0 atom stereocenters. The molecule has 1 amide bonds. The monoisotopic (exact) mass is 409 g/mol. The summed E-state index contributed by atoms with van der Waals surface area (Å²) in [6.07, 6.45) is 3.97. The number of nitrogens with one attached hydrogen (secondary N) is 3. The predicted molar refractivity (Wildman–Crippen MR) is 111 cm³/mol. The Bertz CT molecular complexity index is 1030. The second-order valence-corrected chi connectivity index (χ2v) is 7.75. The van der Waals surface area contributed by atoms with Crippen molar-refractivity contribution >= 4 is 28.9 Å². The van der Waals surface area contributed by atoms with Crippen LogP contribution in [0.1, 0.15) is 28.9 Å². The Morgan fingerprint density at radius 3 is 2.76 bits per heavy atom. The van der Waals surface area contributed by atoms with Crippen molar-refractivity contribution in [2.24, 2.45) is 5.92 Å². The molecule has 1 aliphatic heterocycles. The molecule has 148 valence electrons. The minimum atomic E-state index is -0.265. The van der Waals surface area contributed by atoms with Crippen molar-refractivity contribution in [2.75, 3.05) is 17.0 Å². The van der Waals surface area contributed by atoms with E-state index in [0.29, 0.717) is 11.6 Å². The highest BCUT2D eigenvalue weighted by Crippen LogP contribution is 2.43. The Morgan fingerprint density at radius 1 is 1.21 bits per heavy atom. The number of hydrogen-bond donors (Lipinski definition) is 3. The van der Waals surface area contributed by atoms with Crippen LogP contribution in [0.5, 0.6) is 0 Å². The summed E-state index contributed by atoms with van der Waals surface area (Å²) in [6.45, 7) is 1.40. The van der Waals surface area contributed by atoms with Crippen molar-refractivity contribution in [3.05, 3.63) is 65.0 Å². The Kier molecular flexibility index (Phi) is 4.61. The number of rotatable bonds is 6. The fourth-order valence-corrected chi connectivity index (χ4v) is 3.74. The Hall–Kier alpha value is -3.03. The number of halogens is 1. The topological polar surface area (TPSA) is 82.4 Å². The number of carbonyl (C=O) groups is 1. The van der Waals surface area contributed by atoms with E-state index in [4.69, 9.17) is 11.6 Å². The van der Waals surface area contributed by atoms with Gasteiger partial charge in [-0.3, -0.25) is 9.80 Å². The maximum Gasteiger partial charge on any atom is 0.273 e. The maximum absolute atomic E-state index is 11.9. The summed E-state index contributed by atoms with van der Waals surface area (Å²) in [6, 6.07) is 13.7. The molecule has 1 saturated carbocycles. The minimum Gasteiger partial charge on any atom is -0.364 e. The van der Waals surface area contributed by atoms with E-state index >= 15 is 0 Å². The first-order chi connectivity index (χ1) is 14.2. The first-order valence-corrected chi connectivity index (χ1v) is 9.96. The van der Waals surface area contributed by atoms with Gasteiger partial charge in [0.2, 0.25) is 0 Å². The zero-order valence-electron chi connectivity index (χ0n) is 15.6. The second-order valence-electron chi connectivity index (χ2n) is 7.38. The van der Waals surface area contributed by atoms with Gasteiger partial charge in [0.1, 0.15) is 6.26 Å². The number of hydrazine groups is 2. The van der Waals surface area contributed by atoms with E-state index in [-0.39, 0.29) is 11.6 Å². The van der Waals surface area contributed by atoms with Crippen molar-refractivity contribution in [3.8, 4) is 11.1 Å². The van der Waals surface area contributed by atoms with E-state index in [2.05, 4.69) is 43.1 Å². The fraction of sp³-hybridized carbons (Fsp3) is 0.238. The van der Waals surface area contributed by atoms with Gasteiger partial charge in [-0.2, -0.15) is 0 Å². The average molecular weight is 410 g/mol. The summed E-state index contributed by atoms with van der Waals surface area (Å²) >= 11 is 6.70. The zero-order valence-corrected chi connectivity index (χ0v) is 16.4. The smallest absolute Gasteiger partial charge is 0.273 e. The first kappa shape index (κ1) is 18.0. The number of amides is 1. The minimum absolute atomic E-state index is 0.265. The number of nitrogens with zero attached hydrogens (tertiary/aromatic N) is 2. The fourth-order valence-electron chi connectivity index (χ4n) is 3.42. The van der Waals surface area contributed by atoms with E-state index in [9.17, 15) is 4.79 Å². The van der Waals surface area contributed by atoms with Gasteiger partial charge in [-0.25, -0.2) is 0 Å². The molecule has 0 bridgehead atoms. The van der Waals surface area contributed by atoms with Gasteiger partial charge < -0.3 is 15.3 Å². The van der Waals surface area contributed by atoms with Crippen LogP contribution in [0.3, 0.4) is 0 Å². The SMILES string of the molecule is O=C(NCc1ccc(-c2ccc3c(c2Cl)NNN3CC2CC2)cc1)c1ccon1. The van der Waals surface area contributed by atoms with Crippen LogP contribution in [-0.2, 0) is 6.54 Å². The highest BCUT2D eigenvalue weighted by atomic mass is 35.5. The van der Waals surface area contributed by atoms with Gasteiger partial charge in [-0.1, -0.05) is 47.1 Å². The van der Waals surface area contributed by atoms with Crippen LogP contribution in [0.2, 0.25) is 5.02 Å². The Balaban J connectivity index is 1.29. The third-order valence-electron chi connectivity index (χ3n) is 5.25. The molecule has 0 radical (unpaired) electrons. The van der Waals surface area contributed by atoms with Crippen LogP contribution < -0.4 is 21.3 Å². The molecule has 2 aromatic carbocycles. The molecule has 0 unspecified atom stereocenters. The zero-order chi connectivity index (χ0) is 19.8. The van der Waals surface area contributed by atoms with E-state index in [0.717, 1.165) is 40.5 Å². The van der Waals surface area contributed by atoms with Gasteiger partial charge in [-0.05, 0) is 36.0 Å².